The fourth-order valence-corrected chi connectivity index (χ4v) is 2.32. The maximum atomic E-state index is 11.3. The molecule has 5 heteroatoms. The number of nitrogens with one attached hydrogen (secondary N) is 3. The van der Waals surface area contributed by atoms with Gasteiger partial charge in [-0.1, -0.05) is 18.2 Å². The summed E-state index contributed by atoms with van der Waals surface area (Å²) in [7, 11) is 0. The van der Waals surface area contributed by atoms with Crippen LogP contribution >= 0.6 is 0 Å². The minimum Gasteiger partial charge on any atom is -0.361 e. The van der Waals surface area contributed by atoms with Crippen molar-refractivity contribution in [1.82, 2.24) is 15.0 Å². The molecule has 3 aromatic rings. The zero-order valence-electron chi connectivity index (χ0n) is 11.2. The molecule has 0 amide bonds. The fraction of sp³-hybridized carbons (Fsp3) is 0.200. The van der Waals surface area contributed by atoms with Crippen LogP contribution < -0.4 is 10.9 Å². The molecule has 2 heterocycles. The quantitative estimate of drug-likeness (QED) is 0.679. The van der Waals surface area contributed by atoms with E-state index in [9.17, 15) is 4.79 Å². The lowest BCUT2D eigenvalue weighted by Gasteiger charge is -2.05. The lowest BCUT2D eigenvalue weighted by atomic mass is 10.1. The molecule has 0 radical (unpaired) electrons. The van der Waals surface area contributed by atoms with Crippen molar-refractivity contribution in [2.24, 2.45) is 0 Å². The maximum absolute atomic E-state index is 11.3. The number of fused-ring (bicyclic) bond motifs is 1. The second kappa shape index (κ2) is 5.21. The van der Waals surface area contributed by atoms with Gasteiger partial charge in [0.05, 0.1) is 0 Å². The highest BCUT2D eigenvalue weighted by Gasteiger charge is 2.03. The first kappa shape index (κ1) is 12.5. The van der Waals surface area contributed by atoms with Crippen molar-refractivity contribution in [3.8, 4) is 0 Å². The molecule has 0 saturated carbocycles. The van der Waals surface area contributed by atoms with Gasteiger partial charge in [0.15, 0.2) is 0 Å². The predicted octanol–water partition coefficient (Wildman–Crippen LogP) is 2.21. The monoisotopic (exact) mass is 268 g/mol. The van der Waals surface area contributed by atoms with Crippen molar-refractivity contribution in [1.29, 1.82) is 0 Å². The number of para-hydroxylation sites is 1. The number of aromatic nitrogens is 3. The first-order valence-corrected chi connectivity index (χ1v) is 6.59. The van der Waals surface area contributed by atoms with Crippen LogP contribution in [0.4, 0.5) is 5.95 Å². The number of aryl methyl sites for hydroxylation is 1. The Kier molecular flexibility index (Phi) is 3.25. The van der Waals surface area contributed by atoms with Crippen molar-refractivity contribution in [3.05, 3.63) is 58.1 Å². The Bertz CT molecular complexity index is 788. The van der Waals surface area contributed by atoms with Gasteiger partial charge in [-0.3, -0.25) is 9.78 Å². The van der Waals surface area contributed by atoms with Gasteiger partial charge in [-0.2, -0.15) is 0 Å². The molecular weight excluding hydrogens is 252 g/mol. The highest BCUT2D eigenvalue weighted by atomic mass is 16.1. The average Bonchev–Trinajstić information content (AvgIpc) is 2.81. The summed E-state index contributed by atoms with van der Waals surface area (Å²) in [6, 6.07) is 9.69. The third-order valence-corrected chi connectivity index (χ3v) is 3.23. The van der Waals surface area contributed by atoms with Gasteiger partial charge >= 0.3 is 0 Å². The molecule has 5 nitrogen and oxygen atoms in total. The van der Waals surface area contributed by atoms with Gasteiger partial charge in [0.25, 0.3) is 5.56 Å². The molecule has 0 saturated heterocycles. The minimum absolute atomic E-state index is 0.132. The summed E-state index contributed by atoms with van der Waals surface area (Å²) in [5.41, 5.74) is 2.98. The van der Waals surface area contributed by atoms with E-state index in [2.05, 4.69) is 32.4 Å². The van der Waals surface area contributed by atoms with Gasteiger partial charge in [0, 0.05) is 35.4 Å². The Hall–Kier alpha value is -2.56. The summed E-state index contributed by atoms with van der Waals surface area (Å²) in [5.74, 6) is 0.523. The molecule has 0 aliphatic carbocycles. The van der Waals surface area contributed by atoms with Crippen molar-refractivity contribution >= 4 is 16.9 Å². The Labute approximate surface area is 116 Å². The van der Waals surface area contributed by atoms with E-state index in [0.29, 0.717) is 18.2 Å². The average molecular weight is 268 g/mol. The number of hydrogen-bond acceptors (Lipinski definition) is 3. The normalized spacial score (nSPS) is 10.8. The summed E-state index contributed by atoms with van der Waals surface area (Å²) in [6.07, 6.45) is 2.89. The first-order chi connectivity index (χ1) is 9.72. The number of H-pyrrole nitrogens is 2. The van der Waals surface area contributed by atoms with Gasteiger partial charge in [-0.05, 0) is 25.0 Å². The Morgan fingerprint density at radius 3 is 3.00 bits per heavy atom. The topological polar surface area (TPSA) is 73.6 Å². The highest BCUT2D eigenvalue weighted by molar-refractivity contribution is 5.83. The van der Waals surface area contributed by atoms with Crippen LogP contribution in [-0.4, -0.2) is 21.5 Å². The summed E-state index contributed by atoms with van der Waals surface area (Å²) in [6.45, 7) is 2.52. The Balaban J connectivity index is 1.69. The number of anilines is 1. The molecule has 3 N–H and O–H groups in total. The number of benzene rings is 1. The zero-order chi connectivity index (χ0) is 13.9. The van der Waals surface area contributed by atoms with Crippen molar-refractivity contribution in [2.45, 2.75) is 13.3 Å². The number of aromatic amines is 2. The Morgan fingerprint density at radius 1 is 1.30 bits per heavy atom. The molecule has 0 spiro atoms. The molecule has 0 fully saturated rings. The van der Waals surface area contributed by atoms with Crippen molar-refractivity contribution < 1.29 is 0 Å². The zero-order valence-corrected chi connectivity index (χ0v) is 11.2. The summed E-state index contributed by atoms with van der Waals surface area (Å²) in [4.78, 5) is 21.5. The van der Waals surface area contributed by atoms with Crippen LogP contribution in [0, 0.1) is 6.92 Å². The molecule has 1 aromatic carbocycles. The number of nitrogens with zero attached hydrogens (tertiary/aromatic N) is 1. The van der Waals surface area contributed by atoms with Crippen LogP contribution in [0.15, 0.2) is 41.3 Å². The van der Waals surface area contributed by atoms with Crippen LogP contribution in [0.1, 0.15) is 11.3 Å². The van der Waals surface area contributed by atoms with E-state index in [1.165, 1.54) is 17.0 Å². The number of hydrogen-bond donors (Lipinski definition) is 3. The van der Waals surface area contributed by atoms with Crippen molar-refractivity contribution in [2.75, 3.05) is 11.9 Å². The number of rotatable bonds is 4. The van der Waals surface area contributed by atoms with Gasteiger partial charge < -0.3 is 10.3 Å². The molecule has 3 rings (SSSR count). The van der Waals surface area contributed by atoms with E-state index in [4.69, 9.17) is 0 Å². The smallest absolute Gasteiger partial charge is 0.252 e. The first-order valence-electron chi connectivity index (χ1n) is 6.59. The molecule has 0 unspecified atom stereocenters. The SMILES string of the molecule is Cc1cc(=O)[nH]c(NCCc2c[nH]c3ccccc23)n1. The highest BCUT2D eigenvalue weighted by Crippen LogP contribution is 2.17. The van der Waals surface area contributed by atoms with Gasteiger partial charge in [-0.25, -0.2) is 4.98 Å². The molecule has 2 aromatic heterocycles. The molecule has 0 aliphatic heterocycles. The fourth-order valence-electron chi connectivity index (χ4n) is 2.32. The summed E-state index contributed by atoms with van der Waals surface area (Å²) < 4.78 is 0. The van der Waals surface area contributed by atoms with Crippen LogP contribution in [0.5, 0.6) is 0 Å². The second-order valence-electron chi connectivity index (χ2n) is 4.77. The predicted molar refractivity (Wildman–Crippen MR) is 80.1 cm³/mol. The van der Waals surface area contributed by atoms with E-state index in [1.54, 1.807) is 6.92 Å². The third kappa shape index (κ3) is 2.56. The third-order valence-electron chi connectivity index (χ3n) is 3.23. The molecule has 0 atom stereocenters. The van der Waals surface area contributed by atoms with Crippen LogP contribution in [-0.2, 0) is 6.42 Å². The van der Waals surface area contributed by atoms with E-state index in [-0.39, 0.29) is 5.56 Å². The van der Waals surface area contributed by atoms with Crippen LogP contribution in [0.3, 0.4) is 0 Å². The molecule has 102 valence electrons. The van der Waals surface area contributed by atoms with Crippen molar-refractivity contribution in [3.63, 3.8) is 0 Å². The lowest BCUT2D eigenvalue weighted by Crippen LogP contribution is -2.14. The largest absolute Gasteiger partial charge is 0.361 e. The summed E-state index contributed by atoms with van der Waals surface area (Å²) >= 11 is 0. The maximum Gasteiger partial charge on any atom is 0.252 e. The van der Waals surface area contributed by atoms with Gasteiger partial charge in [-0.15, -0.1) is 0 Å². The van der Waals surface area contributed by atoms with Gasteiger partial charge in [0.2, 0.25) is 5.95 Å². The van der Waals surface area contributed by atoms with Gasteiger partial charge in [0.1, 0.15) is 0 Å². The minimum atomic E-state index is -0.132. The van der Waals surface area contributed by atoms with E-state index in [1.807, 2.05) is 18.3 Å². The second-order valence-corrected chi connectivity index (χ2v) is 4.77. The van der Waals surface area contributed by atoms with E-state index >= 15 is 0 Å². The molecule has 20 heavy (non-hydrogen) atoms. The van der Waals surface area contributed by atoms with Crippen LogP contribution in [0.25, 0.3) is 10.9 Å². The van der Waals surface area contributed by atoms with E-state index in [0.717, 1.165) is 11.9 Å². The Morgan fingerprint density at radius 2 is 2.15 bits per heavy atom. The molecular formula is C15H16N4O. The molecule has 0 bridgehead atoms. The lowest BCUT2D eigenvalue weighted by molar-refractivity contribution is 0.969. The molecule has 0 aliphatic rings. The standard InChI is InChI=1S/C15H16N4O/c1-10-8-14(20)19-15(18-10)16-7-6-11-9-17-13-5-3-2-4-12(11)13/h2-5,8-9,17H,6-7H2,1H3,(H2,16,18,19,20). The van der Waals surface area contributed by atoms with Crippen LogP contribution in [0.2, 0.25) is 0 Å². The summed E-state index contributed by atoms with van der Waals surface area (Å²) in [5, 5.41) is 4.38. The van der Waals surface area contributed by atoms with E-state index < -0.39 is 0 Å².